The molecule has 0 spiro atoms. The SMILES string of the molecule is CCCc1cc(CC(C)C)cc(C(C)C)c1. The van der Waals surface area contributed by atoms with Crippen molar-refractivity contribution in [3.8, 4) is 0 Å². The number of rotatable bonds is 5. The van der Waals surface area contributed by atoms with E-state index in [0.29, 0.717) is 5.92 Å². The van der Waals surface area contributed by atoms with Crippen LogP contribution in [0.3, 0.4) is 0 Å². The molecule has 0 unspecified atom stereocenters. The summed E-state index contributed by atoms with van der Waals surface area (Å²) >= 11 is 0. The molecule has 0 saturated heterocycles. The van der Waals surface area contributed by atoms with Gasteiger partial charge in [-0.25, -0.2) is 0 Å². The van der Waals surface area contributed by atoms with Gasteiger partial charge in [-0.1, -0.05) is 59.2 Å². The highest BCUT2D eigenvalue weighted by Gasteiger charge is 2.05. The summed E-state index contributed by atoms with van der Waals surface area (Å²) in [5, 5.41) is 0. The molecule has 0 aliphatic carbocycles. The fourth-order valence-corrected chi connectivity index (χ4v) is 2.15. The Labute approximate surface area is 101 Å². The zero-order valence-corrected chi connectivity index (χ0v) is 11.5. The van der Waals surface area contributed by atoms with Crippen LogP contribution in [0.2, 0.25) is 0 Å². The smallest absolute Gasteiger partial charge is 0.0219 e. The molecule has 0 heteroatoms. The van der Waals surface area contributed by atoms with Crippen LogP contribution in [0.5, 0.6) is 0 Å². The van der Waals surface area contributed by atoms with E-state index in [9.17, 15) is 0 Å². The van der Waals surface area contributed by atoms with Crippen molar-refractivity contribution in [2.75, 3.05) is 0 Å². The molecule has 16 heavy (non-hydrogen) atoms. The second-order valence-corrected chi connectivity index (χ2v) is 5.59. The van der Waals surface area contributed by atoms with Gasteiger partial charge in [-0.2, -0.15) is 0 Å². The van der Waals surface area contributed by atoms with Crippen molar-refractivity contribution in [1.82, 2.24) is 0 Å². The van der Waals surface area contributed by atoms with Crippen molar-refractivity contribution >= 4 is 0 Å². The summed E-state index contributed by atoms with van der Waals surface area (Å²) in [5.74, 6) is 1.39. The van der Waals surface area contributed by atoms with Crippen molar-refractivity contribution in [3.05, 3.63) is 34.9 Å². The summed E-state index contributed by atoms with van der Waals surface area (Å²) in [5.41, 5.74) is 4.54. The average Bonchev–Trinajstić information content (AvgIpc) is 2.16. The van der Waals surface area contributed by atoms with E-state index in [1.54, 1.807) is 0 Å². The molecule has 0 aliphatic rings. The Kier molecular flexibility index (Phi) is 5.05. The first-order chi connectivity index (χ1) is 7.52. The highest BCUT2D eigenvalue weighted by atomic mass is 14.1. The van der Waals surface area contributed by atoms with Gasteiger partial charge in [0.1, 0.15) is 0 Å². The van der Waals surface area contributed by atoms with Crippen LogP contribution in [-0.4, -0.2) is 0 Å². The maximum absolute atomic E-state index is 2.40. The Morgan fingerprint density at radius 1 is 0.938 bits per heavy atom. The number of aryl methyl sites for hydroxylation is 1. The van der Waals surface area contributed by atoms with E-state index in [4.69, 9.17) is 0 Å². The second kappa shape index (κ2) is 6.08. The molecule has 0 aromatic heterocycles. The van der Waals surface area contributed by atoms with Gasteiger partial charge in [0.25, 0.3) is 0 Å². The van der Waals surface area contributed by atoms with Crippen molar-refractivity contribution in [2.45, 2.75) is 59.8 Å². The Morgan fingerprint density at radius 2 is 1.56 bits per heavy atom. The van der Waals surface area contributed by atoms with Gasteiger partial charge >= 0.3 is 0 Å². The minimum Gasteiger partial charge on any atom is -0.0651 e. The van der Waals surface area contributed by atoms with E-state index in [-0.39, 0.29) is 0 Å². The minimum absolute atomic E-state index is 0.641. The minimum atomic E-state index is 0.641. The number of benzene rings is 1. The highest BCUT2D eigenvalue weighted by molar-refractivity contribution is 5.32. The topological polar surface area (TPSA) is 0 Å². The predicted molar refractivity (Wildman–Crippen MR) is 73.1 cm³/mol. The van der Waals surface area contributed by atoms with Crippen molar-refractivity contribution in [3.63, 3.8) is 0 Å². The molecule has 0 N–H and O–H groups in total. The zero-order valence-electron chi connectivity index (χ0n) is 11.5. The summed E-state index contributed by atoms with van der Waals surface area (Å²) in [4.78, 5) is 0. The molecule has 1 aromatic carbocycles. The summed E-state index contributed by atoms with van der Waals surface area (Å²) in [6.45, 7) is 11.4. The van der Waals surface area contributed by atoms with E-state index in [2.05, 4.69) is 52.8 Å². The molecule has 0 nitrogen and oxygen atoms in total. The first-order valence-corrected chi connectivity index (χ1v) is 6.65. The fourth-order valence-electron chi connectivity index (χ4n) is 2.15. The molecule has 0 heterocycles. The van der Waals surface area contributed by atoms with Crippen molar-refractivity contribution < 1.29 is 0 Å². The monoisotopic (exact) mass is 218 g/mol. The number of hydrogen-bond acceptors (Lipinski definition) is 0. The summed E-state index contributed by atoms with van der Waals surface area (Å²) in [7, 11) is 0. The lowest BCUT2D eigenvalue weighted by atomic mass is 9.93. The van der Waals surface area contributed by atoms with Crippen LogP contribution in [0.15, 0.2) is 18.2 Å². The van der Waals surface area contributed by atoms with Crippen LogP contribution in [0.4, 0.5) is 0 Å². The Balaban J connectivity index is 2.98. The van der Waals surface area contributed by atoms with Gasteiger partial charge in [-0.05, 0) is 41.4 Å². The summed E-state index contributed by atoms with van der Waals surface area (Å²) < 4.78 is 0. The normalized spacial score (nSPS) is 11.4. The van der Waals surface area contributed by atoms with Gasteiger partial charge in [-0.3, -0.25) is 0 Å². The molecule has 0 fully saturated rings. The van der Waals surface area contributed by atoms with Crippen LogP contribution >= 0.6 is 0 Å². The molecule has 0 atom stereocenters. The lowest BCUT2D eigenvalue weighted by molar-refractivity contribution is 0.645. The number of hydrogen-bond donors (Lipinski definition) is 0. The second-order valence-electron chi connectivity index (χ2n) is 5.59. The maximum Gasteiger partial charge on any atom is -0.0219 e. The molecule has 0 saturated carbocycles. The first kappa shape index (κ1) is 13.3. The van der Waals surface area contributed by atoms with E-state index in [1.807, 2.05) is 0 Å². The van der Waals surface area contributed by atoms with Crippen LogP contribution in [0, 0.1) is 5.92 Å². The third kappa shape index (κ3) is 4.00. The molecule has 0 aliphatic heterocycles. The van der Waals surface area contributed by atoms with Gasteiger partial charge in [-0.15, -0.1) is 0 Å². The molecular weight excluding hydrogens is 192 g/mol. The third-order valence-corrected chi connectivity index (χ3v) is 2.92. The molecule has 1 aromatic rings. The standard InChI is InChI=1S/C16H26/c1-6-7-14-9-15(8-12(2)3)11-16(10-14)13(4)5/h9-13H,6-8H2,1-5H3. The van der Waals surface area contributed by atoms with E-state index in [0.717, 1.165) is 5.92 Å². The Bertz CT molecular complexity index is 321. The predicted octanol–water partition coefficient (Wildman–Crippen LogP) is 4.96. The maximum atomic E-state index is 2.40. The van der Waals surface area contributed by atoms with E-state index < -0.39 is 0 Å². The molecule has 1 rings (SSSR count). The zero-order chi connectivity index (χ0) is 12.1. The quantitative estimate of drug-likeness (QED) is 0.655. The van der Waals surface area contributed by atoms with Crippen LogP contribution in [-0.2, 0) is 12.8 Å². The summed E-state index contributed by atoms with van der Waals surface area (Å²) in [6.07, 6.45) is 3.66. The molecular formula is C16H26. The van der Waals surface area contributed by atoms with Crippen molar-refractivity contribution in [1.29, 1.82) is 0 Å². The molecule has 0 bridgehead atoms. The van der Waals surface area contributed by atoms with Gasteiger partial charge in [0.05, 0.1) is 0 Å². The lowest BCUT2D eigenvalue weighted by Gasteiger charge is -2.13. The molecule has 0 radical (unpaired) electrons. The Hall–Kier alpha value is -0.780. The van der Waals surface area contributed by atoms with E-state index >= 15 is 0 Å². The first-order valence-electron chi connectivity index (χ1n) is 6.65. The van der Waals surface area contributed by atoms with E-state index in [1.165, 1.54) is 36.0 Å². The summed E-state index contributed by atoms with van der Waals surface area (Å²) in [6, 6.07) is 7.18. The van der Waals surface area contributed by atoms with Crippen LogP contribution in [0.25, 0.3) is 0 Å². The van der Waals surface area contributed by atoms with Gasteiger partial charge in [0.15, 0.2) is 0 Å². The molecule has 90 valence electrons. The van der Waals surface area contributed by atoms with Gasteiger partial charge < -0.3 is 0 Å². The lowest BCUT2D eigenvalue weighted by Crippen LogP contribution is -1.99. The van der Waals surface area contributed by atoms with Gasteiger partial charge in [0, 0.05) is 0 Å². The average molecular weight is 218 g/mol. The Morgan fingerprint density at radius 3 is 2.06 bits per heavy atom. The third-order valence-electron chi connectivity index (χ3n) is 2.92. The molecule has 0 amide bonds. The van der Waals surface area contributed by atoms with Crippen LogP contribution in [0.1, 0.15) is 63.6 Å². The fraction of sp³-hybridized carbons (Fsp3) is 0.625. The highest BCUT2D eigenvalue weighted by Crippen LogP contribution is 2.21. The van der Waals surface area contributed by atoms with Crippen LogP contribution < -0.4 is 0 Å². The van der Waals surface area contributed by atoms with Crippen molar-refractivity contribution in [2.24, 2.45) is 5.92 Å². The largest absolute Gasteiger partial charge is 0.0651 e. The van der Waals surface area contributed by atoms with Gasteiger partial charge in [0.2, 0.25) is 0 Å².